The summed E-state index contributed by atoms with van der Waals surface area (Å²) in [5, 5.41) is 0. The predicted molar refractivity (Wildman–Crippen MR) is 116 cm³/mol. The predicted octanol–water partition coefficient (Wildman–Crippen LogP) is 8.10. The largest absolute Gasteiger partial charge is 0.328 e. The Morgan fingerprint density at radius 1 is 0.560 bits per heavy atom. The fourth-order valence-electron chi connectivity index (χ4n) is 3.20. The molecular weight excluding hydrogens is 302 g/mol. The lowest BCUT2D eigenvalue weighted by atomic mass is 10.0. The third kappa shape index (κ3) is 21.4. The molecule has 0 aliphatic heterocycles. The normalized spacial score (nSPS) is 13.2. The van der Waals surface area contributed by atoms with Gasteiger partial charge in [0, 0.05) is 6.04 Å². The van der Waals surface area contributed by atoms with E-state index in [1.54, 1.807) is 0 Å². The zero-order chi connectivity index (χ0) is 18.4. The molecule has 0 bridgehead atoms. The summed E-state index contributed by atoms with van der Waals surface area (Å²) in [7, 11) is 0. The van der Waals surface area contributed by atoms with Gasteiger partial charge in [0.2, 0.25) is 0 Å². The van der Waals surface area contributed by atoms with Gasteiger partial charge >= 0.3 is 0 Å². The summed E-state index contributed by atoms with van der Waals surface area (Å²) in [4.78, 5) is 0. The Bertz CT molecular complexity index is 292. The molecule has 0 aromatic rings. The van der Waals surface area contributed by atoms with E-state index in [1.807, 2.05) is 0 Å². The number of hydrogen-bond donors (Lipinski definition) is 1. The van der Waals surface area contributed by atoms with Crippen LogP contribution >= 0.6 is 0 Å². The van der Waals surface area contributed by atoms with E-state index >= 15 is 0 Å². The van der Waals surface area contributed by atoms with Crippen LogP contribution in [0.4, 0.5) is 0 Å². The van der Waals surface area contributed by atoms with Crippen molar-refractivity contribution in [1.82, 2.24) is 0 Å². The van der Waals surface area contributed by atoms with E-state index in [-0.39, 0.29) is 0 Å². The lowest BCUT2D eigenvalue weighted by Gasteiger charge is -2.10. The Morgan fingerprint density at radius 2 is 1.00 bits per heavy atom. The van der Waals surface area contributed by atoms with Crippen LogP contribution in [0.1, 0.15) is 123 Å². The third-order valence-electron chi connectivity index (χ3n) is 4.95. The van der Waals surface area contributed by atoms with Crippen LogP contribution < -0.4 is 5.73 Å². The van der Waals surface area contributed by atoms with E-state index in [4.69, 9.17) is 5.73 Å². The van der Waals surface area contributed by atoms with Gasteiger partial charge in [0.05, 0.1) is 0 Å². The molecule has 148 valence electrons. The molecule has 0 amide bonds. The fourth-order valence-corrected chi connectivity index (χ4v) is 3.20. The Hall–Kier alpha value is -0.560. The quantitative estimate of drug-likeness (QED) is 0.185. The van der Waals surface area contributed by atoms with Gasteiger partial charge in [-0.2, -0.15) is 0 Å². The monoisotopic (exact) mass is 349 g/mol. The molecule has 0 saturated heterocycles. The maximum Gasteiger partial charge on any atom is 0.00388 e. The van der Waals surface area contributed by atoms with Gasteiger partial charge in [-0.05, 0) is 44.9 Å². The molecule has 0 aliphatic carbocycles. The topological polar surface area (TPSA) is 26.0 Å². The second-order valence-electron chi connectivity index (χ2n) is 7.63. The van der Waals surface area contributed by atoms with Gasteiger partial charge in [-0.3, -0.25) is 0 Å². The molecule has 1 heteroatoms. The lowest BCUT2D eigenvalue weighted by molar-refractivity contribution is 0.489. The van der Waals surface area contributed by atoms with Gasteiger partial charge < -0.3 is 5.73 Å². The van der Waals surface area contributed by atoms with Gasteiger partial charge in [-0.25, -0.2) is 0 Å². The summed E-state index contributed by atoms with van der Waals surface area (Å²) in [6.07, 6.45) is 31.7. The van der Waals surface area contributed by atoms with Gasteiger partial charge in [0.1, 0.15) is 0 Å². The zero-order valence-electron chi connectivity index (χ0n) is 17.5. The molecule has 1 atom stereocenters. The summed E-state index contributed by atoms with van der Waals surface area (Å²) in [5.74, 6) is 0. The fraction of sp³-hybridized carbons (Fsp3) is 0.833. The SMILES string of the molecule is CCCCCC=CCC=CCCCCCCCC(N)CCCCCC. The van der Waals surface area contributed by atoms with Crippen LogP contribution in [0.2, 0.25) is 0 Å². The first-order chi connectivity index (χ1) is 12.3. The Kier molecular flexibility index (Phi) is 21.0. The van der Waals surface area contributed by atoms with Crippen molar-refractivity contribution in [3.05, 3.63) is 24.3 Å². The molecule has 0 spiro atoms. The van der Waals surface area contributed by atoms with Crippen LogP contribution in [0.15, 0.2) is 24.3 Å². The number of rotatable bonds is 19. The lowest BCUT2D eigenvalue weighted by Crippen LogP contribution is -2.19. The second kappa shape index (κ2) is 21.5. The molecular formula is C24H47N. The molecule has 0 aliphatic rings. The van der Waals surface area contributed by atoms with Crippen molar-refractivity contribution < 1.29 is 0 Å². The first-order valence-electron chi connectivity index (χ1n) is 11.4. The Morgan fingerprint density at radius 3 is 1.60 bits per heavy atom. The molecule has 25 heavy (non-hydrogen) atoms. The molecule has 2 N–H and O–H groups in total. The van der Waals surface area contributed by atoms with Crippen LogP contribution in [0.25, 0.3) is 0 Å². The van der Waals surface area contributed by atoms with E-state index in [2.05, 4.69) is 38.2 Å². The molecule has 0 saturated carbocycles. The Labute approximate surface area is 159 Å². The summed E-state index contributed by atoms with van der Waals surface area (Å²) in [5.41, 5.74) is 6.20. The van der Waals surface area contributed by atoms with E-state index in [0.717, 1.165) is 6.42 Å². The van der Waals surface area contributed by atoms with E-state index in [1.165, 1.54) is 103 Å². The molecule has 0 radical (unpaired) electrons. The summed E-state index contributed by atoms with van der Waals surface area (Å²) in [6, 6.07) is 0.454. The first kappa shape index (κ1) is 24.4. The van der Waals surface area contributed by atoms with Crippen LogP contribution in [0.5, 0.6) is 0 Å². The number of allylic oxidation sites excluding steroid dienone is 4. The van der Waals surface area contributed by atoms with Crippen molar-refractivity contribution in [2.45, 2.75) is 129 Å². The van der Waals surface area contributed by atoms with Crippen molar-refractivity contribution >= 4 is 0 Å². The van der Waals surface area contributed by atoms with Crippen molar-refractivity contribution in [1.29, 1.82) is 0 Å². The van der Waals surface area contributed by atoms with Gasteiger partial charge in [0.25, 0.3) is 0 Å². The van der Waals surface area contributed by atoms with E-state index in [0.29, 0.717) is 6.04 Å². The minimum absolute atomic E-state index is 0.454. The van der Waals surface area contributed by atoms with Crippen LogP contribution in [-0.2, 0) is 0 Å². The van der Waals surface area contributed by atoms with Crippen molar-refractivity contribution in [3.63, 3.8) is 0 Å². The van der Waals surface area contributed by atoms with Gasteiger partial charge in [0.15, 0.2) is 0 Å². The average Bonchev–Trinajstić information content (AvgIpc) is 2.62. The minimum atomic E-state index is 0.454. The molecule has 0 aromatic carbocycles. The molecule has 0 aromatic heterocycles. The maximum absolute atomic E-state index is 6.20. The van der Waals surface area contributed by atoms with Crippen molar-refractivity contribution in [3.8, 4) is 0 Å². The molecule has 0 heterocycles. The molecule has 1 nitrogen and oxygen atoms in total. The van der Waals surface area contributed by atoms with Gasteiger partial charge in [-0.1, -0.05) is 102 Å². The molecule has 0 fully saturated rings. The zero-order valence-corrected chi connectivity index (χ0v) is 17.5. The highest BCUT2D eigenvalue weighted by molar-refractivity contribution is 4.92. The molecule has 0 rings (SSSR count). The van der Waals surface area contributed by atoms with Crippen LogP contribution in [0, 0.1) is 0 Å². The highest BCUT2D eigenvalue weighted by Gasteiger charge is 2.01. The Balaban J connectivity index is 3.23. The molecule has 1 unspecified atom stereocenters. The number of hydrogen-bond acceptors (Lipinski definition) is 1. The highest BCUT2D eigenvalue weighted by Crippen LogP contribution is 2.12. The number of nitrogens with two attached hydrogens (primary N) is 1. The highest BCUT2D eigenvalue weighted by atomic mass is 14.6. The summed E-state index contributed by atoms with van der Waals surface area (Å²) >= 11 is 0. The minimum Gasteiger partial charge on any atom is -0.328 e. The van der Waals surface area contributed by atoms with Crippen molar-refractivity contribution in [2.75, 3.05) is 0 Å². The van der Waals surface area contributed by atoms with Crippen LogP contribution in [-0.4, -0.2) is 6.04 Å². The number of unbranched alkanes of at least 4 members (excludes halogenated alkanes) is 11. The average molecular weight is 350 g/mol. The standard InChI is InChI=1S/C24H47N/c1-3-5-7-9-10-11-12-13-14-15-16-17-18-19-21-23-24(25)22-20-8-6-4-2/h10-11,13-14,24H,3-9,12,15-23,25H2,1-2H3. The van der Waals surface area contributed by atoms with E-state index < -0.39 is 0 Å². The van der Waals surface area contributed by atoms with Crippen molar-refractivity contribution in [2.24, 2.45) is 5.73 Å². The van der Waals surface area contributed by atoms with Gasteiger partial charge in [-0.15, -0.1) is 0 Å². The second-order valence-corrected chi connectivity index (χ2v) is 7.63. The maximum atomic E-state index is 6.20. The van der Waals surface area contributed by atoms with Crippen LogP contribution in [0.3, 0.4) is 0 Å². The smallest absolute Gasteiger partial charge is 0.00388 e. The van der Waals surface area contributed by atoms with E-state index in [9.17, 15) is 0 Å². The third-order valence-corrected chi connectivity index (χ3v) is 4.95. The first-order valence-corrected chi connectivity index (χ1v) is 11.4. The summed E-state index contributed by atoms with van der Waals surface area (Å²) in [6.45, 7) is 4.53. The summed E-state index contributed by atoms with van der Waals surface area (Å²) < 4.78 is 0.